The van der Waals surface area contributed by atoms with Gasteiger partial charge in [-0.05, 0) is 24.5 Å². The van der Waals surface area contributed by atoms with Crippen molar-refractivity contribution in [2.75, 3.05) is 13.1 Å². The second kappa shape index (κ2) is 6.26. The number of carbonyl (C=O) groups excluding carboxylic acids is 1. The van der Waals surface area contributed by atoms with Gasteiger partial charge in [-0.2, -0.15) is 0 Å². The average Bonchev–Trinajstić information content (AvgIpc) is 2.51. The molecular formula is C16H22N2O3. The highest BCUT2D eigenvalue weighted by Gasteiger charge is 2.33. The van der Waals surface area contributed by atoms with Crippen LogP contribution < -0.4 is 10.6 Å². The highest BCUT2D eigenvalue weighted by atomic mass is 16.4. The summed E-state index contributed by atoms with van der Waals surface area (Å²) in [5, 5.41) is 15.3. The maximum Gasteiger partial charge on any atom is 0.311 e. The number of rotatable bonds is 5. The molecule has 1 aromatic carbocycles. The van der Waals surface area contributed by atoms with Gasteiger partial charge in [0.25, 0.3) is 0 Å². The third-order valence-electron chi connectivity index (χ3n) is 4.36. The normalized spacial score (nSPS) is 20.2. The first-order valence-electron chi connectivity index (χ1n) is 7.27. The van der Waals surface area contributed by atoms with E-state index in [0.717, 1.165) is 17.7 Å². The molecule has 0 saturated carbocycles. The van der Waals surface area contributed by atoms with E-state index in [1.165, 1.54) is 0 Å². The van der Waals surface area contributed by atoms with Gasteiger partial charge in [0.2, 0.25) is 5.91 Å². The molecule has 1 aliphatic heterocycles. The van der Waals surface area contributed by atoms with E-state index in [-0.39, 0.29) is 18.4 Å². The molecule has 2 rings (SSSR count). The van der Waals surface area contributed by atoms with Crippen molar-refractivity contribution >= 4 is 11.9 Å². The molecule has 114 valence electrons. The van der Waals surface area contributed by atoms with Crippen molar-refractivity contribution in [1.29, 1.82) is 0 Å². The van der Waals surface area contributed by atoms with Crippen molar-refractivity contribution in [2.24, 2.45) is 5.41 Å². The summed E-state index contributed by atoms with van der Waals surface area (Å²) in [6.45, 7) is 4.97. The molecule has 0 aromatic heterocycles. The van der Waals surface area contributed by atoms with E-state index in [4.69, 9.17) is 0 Å². The molecule has 0 bridgehead atoms. The van der Waals surface area contributed by atoms with E-state index in [9.17, 15) is 14.7 Å². The van der Waals surface area contributed by atoms with Gasteiger partial charge in [0, 0.05) is 19.6 Å². The van der Waals surface area contributed by atoms with Crippen LogP contribution in [-0.2, 0) is 16.1 Å². The van der Waals surface area contributed by atoms with Gasteiger partial charge in [0.05, 0.1) is 11.3 Å². The summed E-state index contributed by atoms with van der Waals surface area (Å²) in [6, 6.07) is 7.86. The lowest BCUT2D eigenvalue weighted by Crippen LogP contribution is -2.45. The highest BCUT2D eigenvalue weighted by molar-refractivity contribution is 5.85. The number of hydrogen-bond acceptors (Lipinski definition) is 3. The van der Waals surface area contributed by atoms with Gasteiger partial charge in [-0.3, -0.25) is 9.59 Å². The summed E-state index contributed by atoms with van der Waals surface area (Å²) in [6.07, 6.45) is 0.474. The molecule has 0 spiro atoms. The van der Waals surface area contributed by atoms with E-state index in [0.29, 0.717) is 13.0 Å². The monoisotopic (exact) mass is 290 g/mol. The van der Waals surface area contributed by atoms with Crippen LogP contribution in [0.1, 0.15) is 37.3 Å². The summed E-state index contributed by atoms with van der Waals surface area (Å²) in [7, 11) is 0. The second-order valence-electron chi connectivity index (χ2n) is 5.82. The van der Waals surface area contributed by atoms with Crippen LogP contribution in [0.5, 0.6) is 0 Å². The van der Waals surface area contributed by atoms with Gasteiger partial charge in [-0.1, -0.05) is 31.2 Å². The lowest BCUT2D eigenvalue weighted by Gasteiger charge is -2.28. The molecule has 5 nitrogen and oxygen atoms in total. The SMILES string of the molecule is CCC(C)(CNC(=O)C1CNCc2ccccc21)C(=O)O. The maximum atomic E-state index is 12.4. The van der Waals surface area contributed by atoms with Crippen molar-refractivity contribution in [3.05, 3.63) is 35.4 Å². The van der Waals surface area contributed by atoms with Crippen molar-refractivity contribution < 1.29 is 14.7 Å². The van der Waals surface area contributed by atoms with Crippen LogP contribution in [0.2, 0.25) is 0 Å². The van der Waals surface area contributed by atoms with Crippen molar-refractivity contribution in [3.63, 3.8) is 0 Å². The largest absolute Gasteiger partial charge is 0.481 e. The molecule has 0 radical (unpaired) electrons. The molecule has 1 heterocycles. The van der Waals surface area contributed by atoms with Crippen LogP contribution in [0.4, 0.5) is 0 Å². The van der Waals surface area contributed by atoms with Gasteiger partial charge in [0.1, 0.15) is 0 Å². The van der Waals surface area contributed by atoms with Crippen LogP contribution in [0, 0.1) is 5.41 Å². The minimum atomic E-state index is -0.919. The zero-order chi connectivity index (χ0) is 15.5. The Kier molecular flexibility index (Phi) is 4.63. The van der Waals surface area contributed by atoms with E-state index < -0.39 is 11.4 Å². The standard InChI is InChI=1S/C16H22N2O3/c1-3-16(2,15(20)21)10-18-14(19)13-9-17-8-11-6-4-5-7-12(11)13/h4-7,13,17H,3,8-10H2,1-2H3,(H,18,19)(H,20,21). The predicted molar refractivity (Wildman–Crippen MR) is 79.9 cm³/mol. The van der Waals surface area contributed by atoms with E-state index in [1.54, 1.807) is 6.92 Å². The third-order valence-corrected chi connectivity index (χ3v) is 4.36. The van der Waals surface area contributed by atoms with Gasteiger partial charge in [-0.25, -0.2) is 0 Å². The molecule has 1 aromatic rings. The summed E-state index contributed by atoms with van der Waals surface area (Å²) < 4.78 is 0. The first kappa shape index (κ1) is 15.5. The molecule has 1 amide bonds. The quantitative estimate of drug-likeness (QED) is 0.768. The Morgan fingerprint density at radius 1 is 1.43 bits per heavy atom. The molecule has 0 fully saturated rings. The van der Waals surface area contributed by atoms with Gasteiger partial charge >= 0.3 is 5.97 Å². The highest BCUT2D eigenvalue weighted by Crippen LogP contribution is 2.25. The van der Waals surface area contributed by atoms with E-state index in [2.05, 4.69) is 10.6 Å². The minimum absolute atomic E-state index is 0.115. The molecule has 2 unspecified atom stereocenters. The summed E-state index contributed by atoms with van der Waals surface area (Å²) in [5.41, 5.74) is 1.24. The fraction of sp³-hybridized carbons (Fsp3) is 0.500. The molecule has 3 N–H and O–H groups in total. The van der Waals surface area contributed by atoms with Gasteiger partial charge in [-0.15, -0.1) is 0 Å². The smallest absolute Gasteiger partial charge is 0.311 e. The number of aliphatic carboxylic acids is 1. The Labute approximate surface area is 124 Å². The summed E-state index contributed by atoms with van der Waals surface area (Å²) >= 11 is 0. The van der Waals surface area contributed by atoms with Crippen LogP contribution in [0.15, 0.2) is 24.3 Å². The molecular weight excluding hydrogens is 268 g/mol. The number of nitrogens with one attached hydrogen (secondary N) is 2. The first-order chi connectivity index (χ1) is 9.98. The number of amides is 1. The summed E-state index contributed by atoms with van der Waals surface area (Å²) in [4.78, 5) is 23.7. The minimum Gasteiger partial charge on any atom is -0.481 e. The van der Waals surface area contributed by atoms with Crippen molar-refractivity contribution in [1.82, 2.24) is 10.6 Å². The van der Waals surface area contributed by atoms with Crippen LogP contribution in [0.25, 0.3) is 0 Å². The van der Waals surface area contributed by atoms with Gasteiger partial charge < -0.3 is 15.7 Å². The third kappa shape index (κ3) is 3.24. The number of carbonyl (C=O) groups is 2. The molecule has 2 atom stereocenters. The zero-order valence-electron chi connectivity index (χ0n) is 12.5. The maximum absolute atomic E-state index is 12.4. The topological polar surface area (TPSA) is 78.4 Å². The molecule has 0 aliphatic carbocycles. The molecule has 1 aliphatic rings. The Morgan fingerprint density at radius 2 is 2.14 bits per heavy atom. The molecule has 5 heteroatoms. The predicted octanol–water partition coefficient (Wildman–Crippen LogP) is 1.49. The fourth-order valence-electron chi connectivity index (χ4n) is 2.49. The van der Waals surface area contributed by atoms with Gasteiger partial charge in [0.15, 0.2) is 0 Å². The van der Waals surface area contributed by atoms with Crippen molar-refractivity contribution in [3.8, 4) is 0 Å². The molecule has 0 saturated heterocycles. The lowest BCUT2D eigenvalue weighted by molar-refractivity contribution is -0.148. The number of fused-ring (bicyclic) bond motifs is 1. The number of carboxylic acids is 1. The second-order valence-corrected chi connectivity index (χ2v) is 5.82. The Morgan fingerprint density at radius 3 is 2.81 bits per heavy atom. The van der Waals surface area contributed by atoms with E-state index in [1.807, 2.05) is 31.2 Å². The first-order valence-corrected chi connectivity index (χ1v) is 7.27. The van der Waals surface area contributed by atoms with Crippen LogP contribution in [0.3, 0.4) is 0 Å². The Balaban J connectivity index is 2.07. The number of carboxylic acid groups (broad SMARTS) is 1. The lowest BCUT2D eigenvalue weighted by atomic mass is 9.86. The summed E-state index contributed by atoms with van der Waals surface area (Å²) in [5.74, 6) is -1.26. The average molecular weight is 290 g/mol. The number of hydrogen-bond donors (Lipinski definition) is 3. The van der Waals surface area contributed by atoms with Crippen molar-refractivity contribution in [2.45, 2.75) is 32.7 Å². The van der Waals surface area contributed by atoms with E-state index >= 15 is 0 Å². The Hall–Kier alpha value is -1.88. The Bertz CT molecular complexity index is 544. The fourth-order valence-corrected chi connectivity index (χ4v) is 2.49. The van der Waals surface area contributed by atoms with Crippen LogP contribution in [-0.4, -0.2) is 30.1 Å². The zero-order valence-corrected chi connectivity index (χ0v) is 12.5. The molecule has 21 heavy (non-hydrogen) atoms. The van der Waals surface area contributed by atoms with Crippen LogP contribution >= 0.6 is 0 Å². The number of benzene rings is 1.